The Kier molecular flexibility index (Phi) is 4.79. The van der Waals surface area contributed by atoms with E-state index < -0.39 is 0 Å². The molecule has 1 heterocycles. The highest BCUT2D eigenvalue weighted by molar-refractivity contribution is 9.10. The van der Waals surface area contributed by atoms with Crippen LogP contribution in [0.15, 0.2) is 4.47 Å². The van der Waals surface area contributed by atoms with Gasteiger partial charge in [0.1, 0.15) is 5.78 Å². The molecule has 2 N–H and O–H groups in total. The number of carbonyl (C=O) groups is 1. The Morgan fingerprint density at radius 2 is 2.21 bits per heavy atom. The molecule has 0 amide bonds. The molecule has 2 rings (SSSR count). The maximum atomic E-state index is 12.1. The van der Waals surface area contributed by atoms with Crippen molar-refractivity contribution in [2.24, 2.45) is 11.7 Å². The van der Waals surface area contributed by atoms with Gasteiger partial charge in [-0.1, -0.05) is 6.92 Å². The van der Waals surface area contributed by atoms with Gasteiger partial charge in [0.25, 0.3) is 0 Å². The Balaban J connectivity index is 2.04. The van der Waals surface area contributed by atoms with Gasteiger partial charge in [0.2, 0.25) is 0 Å². The Labute approximate surface area is 122 Å². The van der Waals surface area contributed by atoms with Crippen molar-refractivity contribution < 1.29 is 4.79 Å². The number of nitrogens with two attached hydrogens (primary N) is 1. The summed E-state index contributed by atoms with van der Waals surface area (Å²) in [5.41, 5.74) is 8.04. The van der Waals surface area contributed by atoms with Gasteiger partial charge in [0, 0.05) is 25.4 Å². The molecule has 1 aromatic rings. The highest BCUT2D eigenvalue weighted by atomic mass is 79.9. The summed E-state index contributed by atoms with van der Waals surface area (Å²) in [6.45, 7) is 4.90. The number of hydrogen-bond acceptors (Lipinski definition) is 3. The van der Waals surface area contributed by atoms with Crippen LogP contribution in [0.5, 0.6) is 0 Å². The third-order valence-corrected chi connectivity index (χ3v) is 4.67. The summed E-state index contributed by atoms with van der Waals surface area (Å²) >= 11 is 3.57. The van der Waals surface area contributed by atoms with Crippen molar-refractivity contribution >= 4 is 21.7 Å². The summed E-state index contributed by atoms with van der Waals surface area (Å²) in [5, 5.41) is 4.51. The van der Waals surface area contributed by atoms with Crippen LogP contribution in [0.3, 0.4) is 0 Å². The molecule has 1 unspecified atom stereocenters. The third kappa shape index (κ3) is 3.45. The van der Waals surface area contributed by atoms with E-state index in [0.29, 0.717) is 18.8 Å². The van der Waals surface area contributed by atoms with Crippen molar-refractivity contribution in [1.29, 1.82) is 0 Å². The van der Waals surface area contributed by atoms with Crippen molar-refractivity contribution in [3.8, 4) is 0 Å². The lowest BCUT2D eigenvalue weighted by molar-refractivity contribution is -0.118. The molecule has 4 nitrogen and oxygen atoms in total. The fourth-order valence-electron chi connectivity index (χ4n) is 2.40. The molecule has 5 heteroatoms. The minimum Gasteiger partial charge on any atom is -0.327 e. The first-order valence-electron chi connectivity index (χ1n) is 7.08. The van der Waals surface area contributed by atoms with Gasteiger partial charge in [-0.3, -0.25) is 9.48 Å². The first-order chi connectivity index (χ1) is 9.06. The molecule has 1 atom stereocenters. The molecular formula is C14H22BrN3O. The highest BCUT2D eigenvalue weighted by Gasteiger charge is 2.30. The summed E-state index contributed by atoms with van der Waals surface area (Å²) in [5.74, 6) is 0.798. The van der Waals surface area contributed by atoms with Crippen LogP contribution in [-0.2, 0) is 24.2 Å². The predicted octanol–water partition coefficient (Wildman–Crippen LogP) is 2.47. The average molecular weight is 328 g/mol. The van der Waals surface area contributed by atoms with Crippen molar-refractivity contribution in [2.45, 2.75) is 58.5 Å². The van der Waals surface area contributed by atoms with E-state index in [-0.39, 0.29) is 11.8 Å². The predicted molar refractivity (Wildman–Crippen MR) is 79.0 cm³/mol. The molecule has 0 bridgehead atoms. The monoisotopic (exact) mass is 327 g/mol. The van der Waals surface area contributed by atoms with E-state index in [2.05, 4.69) is 28.0 Å². The van der Waals surface area contributed by atoms with E-state index in [1.807, 2.05) is 11.6 Å². The number of carbonyl (C=O) groups excluding carboxylic acids is 1. The summed E-state index contributed by atoms with van der Waals surface area (Å²) in [4.78, 5) is 12.1. The number of rotatable bonds is 7. The Hall–Kier alpha value is -0.680. The van der Waals surface area contributed by atoms with Crippen LogP contribution in [0, 0.1) is 5.92 Å². The van der Waals surface area contributed by atoms with Crippen molar-refractivity contribution in [1.82, 2.24) is 9.78 Å². The van der Waals surface area contributed by atoms with Gasteiger partial charge in [-0.15, -0.1) is 0 Å². The zero-order valence-electron chi connectivity index (χ0n) is 11.7. The Morgan fingerprint density at radius 1 is 1.53 bits per heavy atom. The molecule has 0 aliphatic heterocycles. The SMILES string of the molecule is CCc1nn(CC)c(CC(=O)CC(N)C2CC2)c1Br. The van der Waals surface area contributed by atoms with Crippen LogP contribution in [0.2, 0.25) is 0 Å². The summed E-state index contributed by atoms with van der Waals surface area (Å²) in [6, 6.07) is 0.0509. The van der Waals surface area contributed by atoms with Crippen LogP contribution in [0.1, 0.15) is 44.5 Å². The second-order valence-electron chi connectivity index (χ2n) is 5.30. The fourth-order valence-corrected chi connectivity index (χ4v) is 3.10. The maximum absolute atomic E-state index is 12.1. The fraction of sp³-hybridized carbons (Fsp3) is 0.714. The average Bonchev–Trinajstić information content (AvgIpc) is 3.18. The van der Waals surface area contributed by atoms with Crippen LogP contribution in [-0.4, -0.2) is 21.6 Å². The quantitative estimate of drug-likeness (QED) is 0.836. The summed E-state index contributed by atoms with van der Waals surface area (Å²) in [7, 11) is 0. The van der Waals surface area contributed by atoms with Gasteiger partial charge in [0.05, 0.1) is 15.9 Å². The molecule has 1 fully saturated rings. The zero-order valence-corrected chi connectivity index (χ0v) is 13.2. The molecule has 1 saturated carbocycles. The number of Topliss-reactive ketones (excluding diaryl/α,β-unsaturated/α-hetero) is 1. The number of aryl methyl sites for hydroxylation is 2. The van der Waals surface area contributed by atoms with Gasteiger partial charge in [-0.05, 0) is 48.0 Å². The van der Waals surface area contributed by atoms with Gasteiger partial charge < -0.3 is 5.73 Å². The minimum atomic E-state index is 0.0509. The second-order valence-corrected chi connectivity index (χ2v) is 6.09. The van der Waals surface area contributed by atoms with E-state index in [1.165, 1.54) is 12.8 Å². The molecule has 0 spiro atoms. The normalized spacial score (nSPS) is 16.6. The van der Waals surface area contributed by atoms with E-state index in [1.54, 1.807) is 0 Å². The number of halogens is 1. The van der Waals surface area contributed by atoms with Crippen molar-refractivity contribution in [3.63, 3.8) is 0 Å². The van der Waals surface area contributed by atoms with Crippen molar-refractivity contribution in [3.05, 3.63) is 15.9 Å². The standard InChI is InChI=1S/C14H22BrN3O/c1-3-12-14(15)13(18(4-2)17-12)8-10(19)7-11(16)9-5-6-9/h9,11H,3-8,16H2,1-2H3. The van der Waals surface area contributed by atoms with Crippen LogP contribution in [0.4, 0.5) is 0 Å². The van der Waals surface area contributed by atoms with Crippen molar-refractivity contribution in [2.75, 3.05) is 0 Å². The van der Waals surface area contributed by atoms with E-state index in [9.17, 15) is 4.79 Å². The lowest BCUT2D eigenvalue weighted by Gasteiger charge is -2.10. The van der Waals surface area contributed by atoms with Gasteiger partial charge in [0.15, 0.2) is 0 Å². The topological polar surface area (TPSA) is 60.9 Å². The lowest BCUT2D eigenvalue weighted by atomic mass is 10.0. The number of hydrogen-bond donors (Lipinski definition) is 1. The molecule has 106 valence electrons. The van der Waals surface area contributed by atoms with Crippen LogP contribution < -0.4 is 5.73 Å². The Morgan fingerprint density at radius 3 is 2.74 bits per heavy atom. The number of nitrogens with zero attached hydrogens (tertiary/aromatic N) is 2. The van der Waals surface area contributed by atoms with Crippen LogP contribution in [0.25, 0.3) is 0 Å². The molecular weight excluding hydrogens is 306 g/mol. The summed E-state index contributed by atoms with van der Waals surface area (Å²) in [6.07, 6.45) is 4.17. The molecule has 1 aliphatic rings. The first-order valence-corrected chi connectivity index (χ1v) is 7.87. The third-order valence-electron chi connectivity index (χ3n) is 3.75. The largest absolute Gasteiger partial charge is 0.327 e. The second kappa shape index (κ2) is 6.18. The molecule has 0 saturated heterocycles. The van der Waals surface area contributed by atoms with E-state index in [0.717, 1.165) is 28.8 Å². The van der Waals surface area contributed by atoms with E-state index in [4.69, 9.17) is 5.73 Å². The molecule has 0 radical (unpaired) electrons. The van der Waals surface area contributed by atoms with Crippen LogP contribution >= 0.6 is 15.9 Å². The number of aromatic nitrogens is 2. The first kappa shape index (κ1) is 14.7. The molecule has 1 aliphatic carbocycles. The lowest BCUT2D eigenvalue weighted by Crippen LogP contribution is -2.27. The van der Waals surface area contributed by atoms with E-state index >= 15 is 0 Å². The van der Waals surface area contributed by atoms with Gasteiger partial charge >= 0.3 is 0 Å². The molecule has 19 heavy (non-hydrogen) atoms. The minimum absolute atomic E-state index is 0.0509. The van der Waals surface area contributed by atoms with Gasteiger partial charge in [-0.2, -0.15) is 5.10 Å². The summed E-state index contributed by atoms with van der Waals surface area (Å²) < 4.78 is 2.91. The zero-order chi connectivity index (χ0) is 14.0. The molecule has 0 aromatic carbocycles. The highest BCUT2D eigenvalue weighted by Crippen LogP contribution is 2.33. The Bertz CT molecular complexity index is 466. The number of ketones is 1. The smallest absolute Gasteiger partial charge is 0.140 e. The van der Waals surface area contributed by atoms with Gasteiger partial charge in [-0.25, -0.2) is 0 Å². The maximum Gasteiger partial charge on any atom is 0.140 e. The molecule has 1 aromatic heterocycles.